The first-order valence-electron chi connectivity index (χ1n) is 6.19. The van der Waals surface area contributed by atoms with E-state index in [0.29, 0.717) is 18.3 Å². The third kappa shape index (κ3) is 3.45. The van der Waals surface area contributed by atoms with Gasteiger partial charge in [0.2, 0.25) is 0 Å². The predicted molar refractivity (Wildman–Crippen MR) is 73.0 cm³/mol. The normalized spacial score (nSPS) is 11.7. The van der Waals surface area contributed by atoms with E-state index >= 15 is 0 Å². The SMILES string of the molecule is Cc1ccc(C(=O)O)c(NCC(C)(C)C(C)C)n1. The maximum Gasteiger partial charge on any atom is 0.339 e. The van der Waals surface area contributed by atoms with Crippen molar-refractivity contribution in [3.63, 3.8) is 0 Å². The monoisotopic (exact) mass is 250 g/mol. The molecule has 18 heavy (non-hydrogen) atoms. The molecule has 1 aromatic rings. The number of hydrogen-bond acceptors (Lipinski definition) is 3. The van der Waals surface area contributed by atoms with Gasteiger partial charge in [-0.05, 0) is 30.4 Å². The van der Waals surface area contributed by atoms with Gasteiger partial charge in [0.15, 0.2) is 0 Å². The lowest BCUT2D eigenvalue weighted by molar-refractivity contribution is 0.0697. The Balaban J connectivity index is 2.90. The fourth-order valence-electron chi connectivity index (χ4n) is 1.38. The van der Waals surface area contributed by atoms with Crippen LogP contribution in [0.5, 0.6) is 0 Å². The number of carboxylic acids is 1. The Morgan fingerprint density at radius 2 is 2.06 bits per heavy atom. The molecule has 1 rings (SSSR count). The summed E-state index contributed by atoms with van der Waals surface area (Å²) in [6.45, 7) is 11.2. The summed E-state index contributed by atoms with van der Waals surface area (Å²) in [5, 5.41) is 12.3. The molecule has 0 bridgehead atoms. The molecule has 1 aromatic heterocycles. The van der Waals surface area contributed by atoms with Crippen molar-refractivity contribution in [3.8, 4) is 0 Å². The number of carboxylic acid groups (broad SMARTS) is 1. The van der Waals surface area contributed by atoms with E-state index in [2.05, 4.69) is 38.0 Å². The highest BCUT2D eigenvalue weighted by Gasteiger charge is 2.23. The molecule has 0 aliphatic rings. The zero-order valence-electron chi connectivity index (χ0n) is 11.7. The standard InChI is InChI=1S/C14H22N2O2/c1-9(2)14(4,5)8-15-12-11(13(17)18)7-6-10(3)16-12/h6-7,9H,8H2,1-5H3,(H,15,16)(H,17,18). The largest absolute Gasteiger partial charge is 0.478 e. The number of pyridine rings is 1. The van der Waals surface area contributed by atoms with Gasteiger partial charge in [-0.25, -0.2) is 9.78 Å². The van der Waals surface area contributed by atoms with Gasteiger partial charge in [-0.2, -0.15) is 0 Å². The number of anilines is 1. The Labute approximate surface area is 108 Å². The van der Waals surface area contributed by atoms with Crippen LogP contribution in [-0.4, -0.2) is 22.6 Å². The Morgan fingerprint density at radius 3 is 2.56 bits per heavy atom. The van der Waals surface area contributed by atoms with Gasteiger partial charge < -0.3 is 10.4 Å². The molecule has 0 aliphatic carbocycles. The zero-order chi connectivity index (χ0) is 13.9. The van der Waals surface area contributed by atoms with Crippen LogP contribution in [0.25, 0.3) is 0 Å². The predicted octanol–water partition coefficient (Wildman–Crippen LogP) is 3.18. The van der Waals surface area contributed by atoms with E-state index in [9.17, 15) is 4.79 Å². The second kappa shape index (κ2) is 5.38. The van der Waals surface area contributed by atoms with Gasteiger partial charge in [-0.3, -0.25) is 0 Å². The molecule has 100 valence electrons. The van der Waals surface area contributed by atoms with Crippen LogP contribution in [-0.2, 0) is 0 Å². The van der Waals surface area contributed by atoms with Crippen molar-refractivity contribution in [1.82, 2.24) is 4.98 Å². The topological polar surface area (TPSA) is 62.2 Å². The van der Waals surface area contributed by atoms with Gasteiger partial charge in [-0.1, -0.05) is 27.7 Å². The number of nitrogens with one attached hydrogen (secondary N) is 1. The lowest BCUT2D eigenvalue weighted by atomic mass is 9.81. The first-order chi connectivity index (χ1) is 8.24. The van der Waals surface area contributed by atoms with Crippen molar-refractivity contribution in [1.29, 1.82) is 0 Å². The summed E-state index contributed by atoms with van der Waals surface area (Å²) in [6.07, 6.45) is 0. The van der Waals surface area contributed by atoms with E-state index < -0.39 is 5.97 Å². The van der Waals surface area contributed by atoms with Crippen molar-refractivity contribution in [2.45, 2.75) is 34.6 Å². The Hall–Kier alpha value is -1.58. The number of aromatic nitrogens is 1. The molecule has 0 fully saturated rings. The lowest BCUT2D eigenvalue weighted by Crippen LogP contribution is -2.29. The molecule has 0 saturated carbocycles. The number of rotatable bonds is 5. The summed E-state index contributed by atoms with van der Waals surface area (Å²) in [5.41, 5.74) is 1.12. The Kier molecular flexibility index (Phi) is 4.33. The third-order valence-corrected chi connectivity index (χ3v) is 3.54. The summed E-state index contributed by atoms with van der Waals surface area (Å²) in [4.78, 5) is 15.4. The van der Waals surface area contributed by atoms with Crippen molar-refractivity contribution in [2.24, 2.45) is 11.3 Å². The van der Waals surface area contributed by atoms with Gasteiger partial charge in [0.1, 0.15) is 11.4 Å². The van der Waals surface area contributed by atoms with Crippen LogP contribution in [0.4, 0.5) is 5.82 Å². The van der Waals surface area contributed by atoms with E-state index in [4.69, 9.17) is 5.11 Å². The van der Waals surface area contributed by atoms with Crippen LogP contribution in [0.15, 0.2) is 12.1 Å². The first kappa shape index (κ1) is 14.5. The second-order valence-corrected chi connectivity index (χ2v) is 5.65. The fourth-order valence-corrected chi connectivity index (χ4v) is 1.38. The van der Waals surface area contributed by atoms with E-state index in [1.165, 1.54) is 0 Å². The molecule has 0 aliphatic heterocycles. The highest BCUT2D eigenvalue weighted by molar-refractivity contribution is 5.93. The number of carbonyl (C=O) groups is 1. The van der Waals surface area contributed by atoms with E-state index in [0.717, 1.165) is 5.69 Å². The summed E-state index contributed by atoms with van der Waals surface area (Å²) < 4.78 is 0. The minimum absolute atomic E-state index is 0.0845. The summed E-state index contributed by atoms with van der Waals surface area (Å²) >= 11 is 0. The lowest BCUT2D eigenvalue weighted by Gasteiger charge is -2.29. The smallest absolute Gasteiger partial charge is 0.339 e. The van der Waals surface area contributed by atoms with Crippen molar-refractivity contribution >= 4 is 11.8 Å². The summed E-state index contributed by atoms with van der Waals surface area (Å²) in [6, 6.07) is 3.30. The van der Waals surface area contributed by atoms with Crippen molar-refractivity contribution < 1.29 is 9.90 Å². The van der Waals surface area contributed by atoms with Gasteiger partial charge in [0.05, 0.1) is 0 Å². The van der Waals surface area contributed by atoms with Gasteiger partial charge in [-0.15, -0.1) is 0 Å². The van der Waals surface area contributed by atoms with Crippen LogP contribution in [0.2, 0.25) is 0 Å². The Morgan fingerprint density at radius 1 is 1.44 bits per heavy atom. The molecule has 0 saturated heterocycles. The molecule has 0 aromatic carbocycles. The molecule has 0 amide bonds. The minimum atomic E-state index is -0.952. The maximum absolute atomic E-state index is 11.1. The molecule has 0 atom stereocenters. The maximum atomic E-state index is 11.1. The van der Waals surface area contributed by atoms with Crippen molar-refractivity contribution in [3.05, 3.63) is 23.4 Å². The number of nitrogens with zero attached hydrogens (tertiary/aromatic N) is 1. The van der Waals surface area contributed by atoms with Crippen LogP contribution < -0.4 is 5.32 Å². The number of aromatic carboxylic acids is 1. The minimum Gasteiger partial charge on any atom is -0.478 e. The van der Waals surface area contributed by atoms with Gasteiger partial charge in [0, 0.05) is 12.2 Å². The van der Waals surface area contributed by atoms with Gasteiger partial charge >= 0.3 is 5.97 Å². The average molecular weight is 250 g/mol. The number of hydrogen-bond donors (Lipinski definition) is 2. The third-order valence-electron chi connectivity index (χ3n) is 3.54. The van der Waals surface area contributed by atoms with Crippen LogP contribution in [0.1, 0.15) is 43.7 Å². The molecule has 0 radical (unpaired) electrons. The van der Waals surface area contributed by atoms with E-state index in [-0.39, 0.29) is 11.0 Å². The van der Waals surface area contributed by atoms with E-state index in [1.807, 2.05) is 6.92 Å². The molecule has 0 unspecified atom stereocenters. The van der Waals surface area contributed by atoms with Crippen molar-refractivity contribution in [2.75, 3.05) is 11.9 Å². The van der Waals surface area contributed by atoms with Crippen LogP contribution >= 0.6 is 0 Å². The summed E-state index contributed by atoms with van der Waals surface area (Å²) in [7, 11) is 0. The molecule has 4 nitrogen and oxygen atoms in total. The summed E-state index contributed by atoms with van der Waals surface area (Å²) in [5.74, 6) is 0.00617. The molecular weight excluding hydrogens is 228 g/mol. The highest BCUT2D eigenvalue weighted by atomic mass is 16.4. The average Bonchev–Trinajstić information content (AvgIpc) is 2.26. The highest BCUT2D eigenvalue weighted by Crippen LogP contribution is 2.26. The zero-order valence-corrected chi connectivity index (χ0v) is 11.7. The Bertz CT molecular complexity index is 439. The molecule has 1 heterocycles. The van der Waals surface area contributed by atoms with Crippen LogP contribution in [0.3, 0.4) is 0 Å². The molecule has 4 heteroatoms. The van der Waals surface area contributed by atoms with Crippen LogP contribution in [0, 0.1) is 18.3 Å². The molecule has 2 N–H and O–H groups in total. The molecule has 0 spiro atoms. The second-order valence-electron chi connectivity index (χ2n) is 5.65. The van der Waals surface area contributed by atoms with Gasteiger partial charge in [0.25, 0.3) is 0 Å². The first-order valence-corrected chi connectivity index (χ1v) is 6.19. The number of aryl methyl sites for hydroxylation is 1. The quantitative estimate of drug-likeness (QED) is 0.842. The fraction of sp³-hybridized carbons (Fsp3) is 0.571. The molecular formula is C14H22N2O2. The van der Waals surface area contributed by atoms with E-state index in [1.54, 1.807) is 12.1 Å².